The largest absolute Gasteiger partial charge is 0.377 e. The quantitative estimate of drug-likeness (QED) is 0.599. The number of benzene rings is 1. The number of hydrogen-bond acceptors (Lipinski definition) is 8. The van der Waals surface area contributed by atoms with E-state index in [9.17, 15) is 9.59 Å². The summed E-state index contributed by atoms with van der Waals surface area (Å²) < 4.78 is 5.65. The van der Waals surface area contributed by atoms with E-state index in [1.165, 1.54) is 0 Å². The summed E-state index contributed by atoms with van der Waals surface area (Å²) in [6.45, 7) is 6.17. The Hall–Kier alpha value is -3.73. The number of hydrazone groups is 1. The number of fused-ring (bicyclic) bond motifs is 3. The third kappa shape index (κ3) is 4.39. The molecule has 0 spiro atoms. The lowest BCUT2D eigenvalue weighted by molar-refractivity contribution is -0.122. The van der Waals surface area contributed by atoms with Gasteiger partial charge in [0.1, 0.15) is 11.7 Å². The second-order valence-corrected chi connectivity index (χ2v) is 9.02. The van der Waals surface area contributed by atoms with Gasteiger partial charge in [-0.15, -0.1) is 0 Å². The molecule has 1 fully saturated rings. The van der Waals surface area contributed by atoms with Crippen molar-refractivity contribution in [1.29, 1.82) is 0 Å². The van der Waals surface area contributed by atoms with Gasteiger partial charge in [-0.3, -0.25) is 4.79 Å². The topological polar surface area (TPSA) is 124 Å². The van der Waals surface area contributed by atoms with E-state index in [4.69, 9.17) is 9.72 Å². The molecule has 3 unspecified atom stereocenters. The molecule has 5 rings (SSSR count). The fourth-order valence-corrected chi connectivity index (χ4v) is 4.86. The normalized spacial score (nSPS) is 23.2. The first-order valence-corrected chi connectivity index (χ1v) is 11.9. The molecule has 0 aliphatic carbocycles. The first kappa shape index (κ1) is 23.0. The zero-order valence-corrected chi connectivity index (χ0v) is 20.1. The van der Waals surface area contributed by atoms with E-state index >= 15 is 0 Å². The Morgan fingerprint density at radius 1 is 1.29 bits per heavy atom. The minimum atomic E-state index is -0.396. The molecular weight excluding hydrogens is 448 g/mol. The van der Waals surface area contributed by atoms with Crippen molar-refractivity contribution in [1.82, 2.24) is 20.7 Å². The molecule has 0 radical (unpaired) electrons. The summed E-state index contributed by atoms with van der Waals surface area (Å²) in [5, 5.41) is 9.62. The Balaban J connectivity index is 1.43. The number of nitrogens with one attached hydrogen (secondary N) is 3. The minimum Gasteiger partial charge on any atom is -0.377 e. The Morgan fingerprint density at radius 3 is 2.80 bits per heavy atom. The Bertz CT molecular complexity index is 1150. The average molecular weight is 479 g/mol. The van der Waals surface area contributed by atoms with Crippen LogP contribution in [0.4, 0.5) is 22.0 Å². The maximum Gasteiger partial charge on any atom is 0.318 e. The second kappa shape index (κ2) is 9.49. The van der Waals surface area contributed by atoms with E-state index in [1.54, 1.807) is 25.4 Å². The number of carbonyl (C=O) groups excluding carboxylic acids is 2. The van der Waals surface area contributed by atoms with E-state index < -0.39 is 6.04 Å². The molecule has 184 valence electrons. The molecule has 0 bridgehead atoms. The monoisotopic (exact) mass is 478 g/mol. The third-order valence-corrected chi connectivity index (χ3v) is 6.87. The van der Waals surface area contributed by atoms with E-state index in [2.05, 4.69) is 33.1 Å². The third-order valence-electron chi connectivity index (χ3n) is 6.87. The molecular formula is C24H30N8O3. The summed E-state index contributed by atoms with van der Waals surface area (Å²) in [5.74, 6) is 1.60. The lowest BCUT2D eigenvalue weighted by atomic mass is 9.94. The predicted molar refractivity (Wildman–Crippen MR) is 134 cm³/mol. The zero-order valence-electron chi connectivity index (χ0n) is 20.1. The number of rotatable bonds is 5. The molecule has 3 N–H and O–H groups in total. The summed E-state index contributed by atoms with van der Waals surface area (Å²) >= 11 is 0. The van der Waals surface area contributed by atoms with Gasteiger partial charge in [0.2, 0.25) is 0 Å². The average Bonchev–Trinajstić information content (AvgIpc) is 3.21. The van der Waals surface area contributed by atoms with Crippen LogP contribution in [0.15, 0.2) is 35.6 Å². The van der Waals surface area contributed by atoms with E-state index in [1.807, 2.05) is 28.9 Å². The van der Waals surface area contributed by atoms with Crippen LogP contribution in [0.1, 0.15) is 20.3 Å². The summed E-state index contributed by atoms with van der Waals surface area (Å²) in [6.07, 6.45) is 2.54. The molecule has 2 aromatic rings. The number of nitrogens with zero attached hydrogens (tertiary/aromatic N) is 5. The van der Waals surface area contributed by atoms with E-state index in [-0.39, 0.29) is 23.9 Å². The van der Waals surface area contributed by atoms with Gasteiger partial charge in [-0.25, -0.2) is 14.8 Å². The molecule has 11 nitrogen and oxygen atoms in total. The van der Waals surface area contributed by atoms with Crippen LogP contribution in [0.3, 0.4) is 0 Å². The van der Waals surface area contributed by atoms with Gasteiger partial charge < -0.3 is 30.6 Å². The van der Waals surface area contributed by atoms with Crippen molar-refractivity contribution in [2.45, 2.75) is 32.4 Å². The molecule has 3 atom stereocenters. The second-order valence-electron chi connectivity index (χ2n) is 9.02. The van der Waals surface area contributed by atoms with Gasteiger partial charge in [-0.1, -0.05) is 0 Å². The number of morpholine rings is 1. The lowest BCUT2D eigenvalue weighted by Gasteiger charge is -2.44. The Morgan fingerprint density at radius 2 is 2.09 bits per heavy atom. The van der Waals surface area contributed by atoms with Gasteiger partial charge >= 0.3 is 6.03 Å². The van der Waals surface area contributed by atoms with Crippen molar-refractivity contribution in [3.63, 3.8) is 0 Å². The van der Waals surface area contributed by atoms with Gasteiger partial charge in [-0.2, -0.15) is 5.10 Å². The van der Waals surface area contributed by atoms with Crippen molar-refractivity contribution < 1.29 is 14.3 Å². The van der Waals surface area contributed by atoms with Crippen LogP contribution >= 0.6 is 0 Å². The highest BCUT2D eigenvalue weighted by atomic mass is 16.5. The lowest BCUT2D eigenvalue weighted by Crippen LogP contribution is -2.59. The van der Waals surface area contributed by atoms with Crippen LogP contribution in [-0.2, 0) is 9.53 Å². The Kier molecular flexibility index (Phi) is 6.25. The number of carbonyl (C=O) groups is 2. The first-order valence-electron chi connectivity index (χ1n) is 11.9. The van der Waals surface area contributed by atoms with Gasteiger partial charge in [-0.05, 0) is 44.5 Å². The molecule has 0 saturated carbocycles. The summed E-state index contributed by atoms with van der Waals surface area (Å²) in [5.41, 5.74) is 6.41. The fourth-order valence-electron chi connectivity index (χ4n) is 4.86. The number of aromatic nitrogens is 2. The standard InChI is InChI=1S/C24H30N8O3/c1-14-18(15(2)30-29-14)8-9-32-19-12-26-21(16-4-6-17(7-5-16)27-24(34)25-3)28-22(19)31-10-11-35-13-20(31)23(32)33/h4-7,12,14,18,20,29H,8-11,13H2,1-3H3,(H2,25,27,34). The molecule has 3 amide bonds. The molecule has 35 heavy (non-hydrogen) atoms. The summed E-state index contributed by atoms with van der Waals surface area (Å²) in [6, 6.07) is 6.91. The highest BCUT2D eigenvalue weighted by Crippen LogP contribution is 2.37. The zero-order chi connectivity index (χ0) is 24.5. The van der Waals surface area contributed by atoms with Crippen LogP contribution in [-0.4, -0.2) is 73.1 Å². The van der Waals surface area contributed by atoms with Gasteiger partial charge in [0.05, 0.1) is 19.4 Å². The number of hydrogen-bond donors (Lipinski definition) is 3. The van der Waals surface area contributed by atoms with Crippen molar-refractivity contribution in [2.24, 2.45) is 11.0 Å². The SMILES string of the molecule is CNC(=O)Nc1ccc(-c2ncc3c(n2)N2CCOCC2C(=O)N3CCC2C(C)=NNC2C)cc1. The van der Waals surface area contributed by atoms with Crippen LogP contribution in [0.2, 0.25) is 0 Å². The van der Waals surface area contributed by atoms with Crippen LogP contribution in [0, 0.1) is 5.92 Å². The number of anilines is 3. The first-order chi connectivity index (χ1) is 17.0. The molecule has 1 aromatic carbocycles. The maximum atomic E-state index is 13.5. The van der Waals surface area contributed by atoms with Gasteiger partial charge in [0, 0.05) is 49.1 Å². The maximum absolute atomic E-state index is 13.5. The Labute approximate surface area is 203 Å². The summed E-state index contributed by atoms with van der Waals surface area (Å²) in [7, 11) is 1.57. The highest BCUT2D eigenvalue weighted by molar-refractivity contribution is 6.05. The minimum absolute atomic E-state index is 0.0198. The number of amides is 3. The fraction of sp³-hybridized carbons (Fsp3) is 0.458. The van der Waals surface area contributed by atoms with Crippen molar-refractivity contribution >= 4 is 34.8 Å². The molecule has 11 heteroatoms. The highest BCUT2D eigenvalue weighted by Gasteiger charge is 2.42. The van der Waals surface area contributed by atoms with Crippen molar-refractivity contribution in [3.05, 3.63) is 30.5 Å². The van der Waals surface area contributed by atoms with Crippen LogP contribution < -0.4 is 25.9 Å². The smallest absolute Gasteiger partial charge is 0.318 e. The van der Waals surface area contributed by atoms with E-state index in [0.29, 0.717) is 37.8 Å². The van der Waals surface area contributed by atoms with Gasteiger partial charge in [0.15, 0.2) is 11.6 Å². The van der Waals surface area contributed by atoms with Crippen molar-refractivity contribution in [3.8, 4) is 11.4 Å². The molecule has 1 saturated heterocycles. The van der Waals surface area contributed by atoms with Gasteiger partial charge in [0.25, 0.3) is 5.91 Å². The van der Waals surface area contributed by atoms with E-state index in [0.717, 1.165) is 29.2 Å². The van der Waals surface area contributed by atoms with Crippen LogP contribution in [0.25, 0.3) is 11.4 Å². The molecule has 4 heterocycles. The predicted octanol–water partition coefficient (Wildman–Crippen LogP) is 1.82. The summed E-state index contributed by atoms with van der Waals surface area (Å²) in [4.78, 5) is 38.4. The number of ether oxygens (including phenoxy) is 1. The molecule has 1 aromatic heterocycles. The van der Waals surface area contributed by atoms with Crippen LogP contribution in [0.5, 0.6) is 0 Å². The molecule has 3 aliphatic heterocycles. The van der Waals surface area contributed by atoms with Crippen molar-refractivity contribution in [2.75, 3.05) is 48.5 Å². The number of urea groups is 1. The molecule has 3 aliphatic rings.